The van der Waals surface area contributed by atoms with Gasteiger partial charge >= 0.3 is 0 Å². The zero-order valence-corrected chi connectivity index (χ0v) is 19.0. The van der Waals surface area contributed by atoms with Crippen LogP contribution in [0.1, 0.15) is 45.6 Å². The Hall–Kier alpha value is -3.06. The highest BCUT2D eigenvalue weighted by Gasteiger charge is 2.15. The van der Waals surface area contributed by atoms with Crippen LogP contribution in [0.3, 0.4) is 0 Å². The van der Waals surface area contributed by atoms with E-state index in [-0.39, 0.29) is 17.9 Å². The van der Waals surface area contributed by atoms with E-state index in [0.717, 1.165) is 29.6 Å². The molecule has 7 heteroatoms. The molecule has 32 heavy (non-hydrogen) atoms. The standard InChI is InChI=1S/C25H32N4O3/c1-25(2,3)17-6-8-19(9-7-17)32-16-23(30)27-24-21-15-20(10-11-22(21)28-29-24)31-14-12-18-5-4-13-26-18/h6-11,15,18,26H,4-5,12-14,16H2,1-3H3,(H2,27,28,29,30). The Morgan fingerprint density at radius 2 is 1.91 bits per heavy atom. The maximum absolute atomic E-state index is 12.4. The number of anilines is 1. The minimum absolute atomic E-state index is 0.0763. The van der Waals surface area contributed by atoms with E-state index in [1.165, 1.54) is 18.4 Å². The number of carbonyl (C=O) groups is 1. The van der Waals surface area contributed by atoms with Gasteiger partial charge in [-0.1, -0.05) is 32.9 Å². The molecule has 1 atom stereocenters. The molecule has 0 radical (unpaired) electrons. The van der Waals surface area contributed by atoms with Crippen molar-refractivity contribution in [1.82, 2.24) is 15.5 Å². The Balaban J connectivity index is 1.32. The lowest BCUT2D eigenvalue weighted by atomic mass is 9.87. The van der Waals surface area contributed by atoms with E-state index in [0.29, 0.717) is 24.2 Å². The third-order valence-corrected chi connectivity index (χ3v) is 5.78. The third-order valence-electron chi connectivity index (χ3n) is 5.78. The SMILES string of the molecule is CC(C)(C)c1ccc(OCC(=O)Nc2n[nH]c3ccc(OCCC4CCCN4)cc23)cc1. The van der Waals surface area contributed by atoms with Crippen molar-refractivity contribution in [2.24, 2.45) is 0 Å². The van der Waals surface area contributed by atoms with E-state index in [9.17, 15) is 4.79 Å². The summed E-state index contributed by atoms with van der Waals surface area (Å²) in [5.41, 5.74) is 2.13. The van der Waals surface area contributed by atoms with Crippen LogP contribution < -0.4 is 20.1 Å². The minimum Gasteiger partial charge on any atom is -0.494 e. The molecule has 1 saturated heterocycles. The lowest BCUT2D eigenvalue weighted by Gasteiger charge is -2.19. The lowest BCUT2D eigenvalue weighted by molar-refractivity contribution is -0.118. The largest absolute Gasteiger partial charge is 0.494 e. The van der Waals surface area contributed by atoms with Crippen LogP contribution in [-0.2, 0) is 10.2 Å². The smallest absolute Gasteiger partial charge is 0.263 e. The highest BCUT2D eigenvalue weighted by Crippen LogP contribution is 2.26. The zero-order valence-electron chi connectivity index (χ0n) is 19.0. The molecule has 4 rings (SSSR count). The molecule has 1 amide bonds. The summed E-state index contributed by atoms with van der Waals surface area (Å²) in [5, 5.41) is 14.3. The predicted molar refractivity (Wildman–Crippen MR) is 126 cm³/mol. The van der Waals surface area contributed by atoms with Crippen molar-refractivity contribution in [2.75, 3.05) is 25.1 Å². The summed E-state index contributed by atoms with van der Waals surface area (Å²) in [6.07, 6.45) is 3.44. The van der Waals surface area contributed by atoms with Gasteiger partial charge in [0, 0.05) is 11.4 Å². The van der Waals surface area contributed by atoms with Gasteiger partial charge in [-0.05, 0) is 67.1 Å². The first-order valence-corrected chi connectivity index (χ1v) is 11.3. The number of hydrogen-bond donors (Lipinski definition) is 3. The van der Waals surface area contributed by atoms with Gasteiger partial charge in [-0.25, -0.2) is 0 Å². The van der Waals surface area contributed by atoms with Crippen molar-refractivity contribution in [2.45, 2.75) is 51.5 Å². The third kappa shape index (κ3) is 5.59. The number of nitrogens with zero attached hydrogens (tertiary/aromatic N) is 1. The number of ether oxygens (including phenoxy) is 2. The first-order chi connectivity index (χ1) is 15.4. The first-order valence-electron chi connectivity index (χ1n) is 11.3. The van der Waals surface area contributed by atoms with Crippen LogP contribution >= 0.6 is 0 Å². The number of fused-ring (bicyclic) bond motifs is 1. The number of hydrogen-bond acceptors (Lipinski definition) is 5. The van der Waals surface area contributed by atoms with Crippen LogP contribution in [0.25, 0.3) is 10.9 Å². The van der Waals surface area contributed by atoms with Gasteiger partial charge in [0.15, 0.2) is 12.4 Å². The molecule has 170 valence electrons. The average Bonchev–Trinajstić information content (AvgIpc) is 3.42. The molecule has 2 aromatic carbocycles. The molecule has 1 aromatic heterocycles. The summed E-state index contributed by atoms with van der Waals surface area (Å²) in [7, 11) is 0. The number of aromatic amines is 1. The fourth-order valence-corrected chi connectivity index (χ4v) is 3.87. The summed E-state index contributed by atoms with van der Waals surface area (Å²) in [6, 6.07) is 14.1. The van der Waals surface area contributed by atoms with Crippen LogP contribution in [-0.4, -0.2) is 41.9 Å². The molecule has 0 bridgehead atoms. The second kappa shape index (κ2) is 9.61. The first kappa shape index (κ1) is 22.1. The van der Waals surface area contributed by atoms with Crippen LogP contribution in [0.4, 0.5) is 5.82 Å². The molecule has 3 N–H and O–H groups in total. The van der Waals surface area contributed by atoms with E-state index in [4.69, 9.17) is 9.47 Å². The van der Waals surface area contributed by atoms with E-state index in [2.05, 4.69) is 41.6 Å². The maximum Gasteiger partial charge on any atom is 0.263 e. The molecule has 2 heterocycles. The predicted octanol–water partition coefficient (Wildman–Crippen LogP) is 4.40. The van der Waals surface area contributed by atoms with Gasteiger partial charge in [0.25, 0.3) is 5.91 Å². The second-order valence-corrected chi connectivity index (χ2v) is 9.32. The lowest BCUT2D eigenvalue weighted by Crippen LogP contribution is -2.23. The highest BCUT2D eigenvalue weighted by molar-refractivity contribution is 6.00. The molecule has 1 unspecified atom stereocenters. The number of benzene rings is 2. The van der Waals surface area contributed by atoms with Crippen molar-refractivity contribution >= 4 is 22.6 Å². The van der Waals surface area contributed by atoms with Gasteiger partial charge in [-0.2, -0.15) is 5.10 Å². The van der Waals surface area contributed by atoms with Crippen LogP contribution in [0.5, 0.6) is 11.5 Å². The van der Waals surface area contributed by atoms with Crippen molar-refractivity contribution in [3.05, 3.63) is 48.0 Å². The maximum atomic E-state index is 12.4. The molecule has 1 fully saturated rings. The molecule has 1 aliphatic rings. The minimum atomic E-state index is -0.267. The Kier molecular flexibility index (Phi) is 6.65. The summed E-state index contributed by atoms with van der Waals surface area (Å²) < 4.78 is 11.6. The summed E-state index contributed by atoms with van der Waals surface area (Å²) in [5.74, 6) is 1.63. The van der Waals surface area contributed by atoms with Gasteiger partial charge in [0.05, 0.1) is 12.1 Å². The molecule has 7 nitrogen and oxygen atoms in total. The quantitative estimate of drug-likeness (QED) is 0.487. The molecule has 0 aliphatic carbocycles. The summed E-state index contributed by atoms with van der Waals surface area (Å²) in [6.45, 7) is 8.15. The molecular weight excluding hydrogens is 404 g/mol. The van der Waals surface area contributed by atoms with Crippen LogP contribution in [0.2, 0.25) is 0 Å². The average molecular weight is 437 g/mol. The Morgan fingerprint density at radius 1 is 1.12 bits per heavy atom. The monoisotopic (exact) mass is 436 g/mol. The number of rotatable bonds is 8. The van der Waals surface area contributed by atoms with Crippen LogP contribution in [0.15, 0.2) is 42.5 Å². The second-order valence-electron chi connectivity index (χ2n) is 9.32. The fraction of sp³-hybridized carbons (Fsp3) is 0.440. The van der Waals surface area contributed by atoms with E-state index >= 15 is 0 Å². The Morgan fingerprint density at radius 3 is 2.62 bits per heavy atom. The summed E-state index contributed by atoms with van der Waals surface area (Å²) >= 11 is 0. The van der Waals surface area contributed by atoms with E-state index in [1.807, 2.05) is 42.5 Å². The van der Waals surface area contributed by atoms with Gasteiger partial charge in [0.1, 0.15) is 11.5 Å². The Labute approximate surface area is 188 Å². The molecular formula is C25H32N4O3. The highest BCUT2D eigenvalue weighted by atomic mass is 16.5. The molecule has 3 aromatic rings. The zero-order chi connectivity index (χ0) is 22.6. The van der Waals surface area contributed by atoms with E-state index < -0.39 is 0 Å². The van der Waals surface area contributed by atoms with Crippen molar-refractivity contribution in [1.29, 1.82) is 0 Å². The fourth-order valence-electron chi connectivity index (χ4n) is 3.87. The summed E-state index contributed by atoms with van der Waals surface area (Å²) in [4.78, 5) is 12.4. The number of carbonyl (C=O) groups excluding carboxylic acids is 1. The van der Waals surface area contributed by atoms with Crippen molar-refractivity contribution < 1.29 is 14.3 Å². The van der Waals surface area contributed by atoms with E-state index in [1.54, 1.807) is 0 Å². The van der Waals surface area contributed by atoms with Crippen molar-refractivity contribution in [3.8, 4) is 11.5 Å². The Bertz CT molecular complexity index is 1050. The van der Waals surface area contributed by atoms with Crippen LogP contribution in [0, 0.1) is 0 Å². The van der Waals surface area contributed by atoms with Gasteiger partial charge in [-0.15, -0.1) is 0 Å². The van der Waals surface area contributed by atoms with Gasteiger partial charge in [-0.3, -0.25) is 9.89 Å². The van der Waals surface area contributed by atoms with Gasteiger partial charge < -0.3 is 20.1 Å². The number of aromatic nitrogens is 2. The topological polar surface area (TPSA) is 88.3 Å². The number of H-pyrrole nitrogens is 1. The molecule has 0 spiro atoms. The normalized spacial score (nSPS) is 16.3. The van der Waals surface area contributed by atoms with Crippen molar-refractivity contribution in [3.63, 3.8) is 0 Å². The number of nitrogens with one attached hydrogen (secondary N) is 3. The van der Waals surface area contributed by atoms with Gasteiger partial charge in [0.2, 0.25) is 0 Å². The molecule has 1 aliphatic heterocycles. The molecule has 0 saturated carbocycles. The number of amides is 1.